The van der Waals surface area contributed by atoms with Crippen LogP contribution < -0.4 is 10.1 Å². The van der Waals surface area contributed by atoms with Gasteiger partial charge in [0.1, 0.15) is 24.0 Å². The summed E-state index contributed by atoms with van der Waals surface area (Å²) >= 11 is 0. The standard InChI is InChI=1S/C19H18N8O2/c1-12-4-3-5-15(24-12)29-16-7-6-13-14(8-20)17(26(2)18(13)25-16)19(28)21-9-27-10-22-23-11-27/h3-8,10-11,20H,9H2,1-2H3,(H,21,28). The van der Waals surface area contributed by atoms with E-state index in [9.17, 15) is 4.79 Å². The van der Waals surface area contributed by atoms with Crippen molar-refractivity contribution in [1.29, 1.82) is 5.41 Å². The van der Waals surface area contributed by atoms with Crippen molar-refractivity contribution in [3.8, 4) is 11.8 Å². The fourth-order valence-electron chi connectivity index (χ4n) is 3.02. The van der Waals surface area contributed by atoms with Gasteiger partial charge >= 0.3 is 0 Å². The lowest BCUT2D eigenvalue weighted by molar-refractivity contribution is 0.0934. The molecule has 0 saturated heterocycles. The summed E-state index contributed by atoms with van der Waals surface area (Å²) in [6.45, 7) is 2.09. The fourth-order valence-corrected chi connectivity index (χ4v) is 3.02. The van der Waals surface area contributed by atoms with E-state index in [2.05, 4.69) is 25.5 Å². The van der Waals surface area contributed by atoms with E-state index < -0.39 is 0 Å². The quantitative estimate of drug-likeness (QED) is 0.486. The molecule has 1 amide bonds. The van der Waals surface area contributed by atoms with Crippen molar-refractivity contribution >= 4 is 23.2 Å². The molecule has 0 saturated carbocycles. The van der Waals surface area contributed by atoms with Crippen molar-refractivity contribution in [3.63, 3.8) is 0 Å². The van der Waals surface area contributed by atoms with Gasteiger partial charge in [0.15, 0.2) is 0 Å². The lowest BCUT2D eigenvalue weighted by Crippen LogP contribution is -2.28. The summed E-state index contributed by atoms with van der Waals surface area (Å²) in [5.74, 6) is 0.454. The third-order valence-corrected chi connectivity index (χ3v) is 4.37. The van der Waals surface area contributed by atoms with Crippen molar-refractivity contribution in [2.24, 2.45) is 7.05 Å². The number of aryl methyl sites for hydroxylation is 2. The SMILES string of the molecule is Cc1cccc(Oc2ccc3c(C=N)c(C(=O)NCn4cnnc4)n(C)c3n2)n1. The van der Waals surface area contributed by atoms with Gasteiger partial charge in [0.2, 0.25) is 11.8 Å². The lowest BCUT2D eigenvalue weighted by atomic mass is 10.1. The van der Waals surface area contributed by atoms with Gasteiger partial charge < -0.3 is 24.6 Å². The Balaban J connectivity index is 1.67. The molecule has 0 aliphatic rings. The molecule has 0 bridgehead atoms. The van der Waals surface area contributed by atoms with Crippen LogP contribution in [0.3, 0.4) is 0 Å². The van der Waals surface area contributed by atoms with Crippen LogP contribution in [0.2, 0.25) is 0 Å². The molecule has 4 aromatic rings. The Hall–Kier alpha value is -4.08. The maximum atomic E-state index is 12.8. The van der Waals surface area contributed by atoms with Crippen LogP contribution in [0.25, 0.3) is 11.0 Å². The number of nitrogens with zero attached hydrogens (tertiary/aromatic N) is 6. The minimum Gasteiger partial charge on any atom is -0.421 e. The average molecular weight is 390 g/mol. The summed E-state index contributed by atoms with van der Waals surface area (Å²) in [6, 6.07) is 8.95. The Morgan fingerprint density at radius 1 is 1.17 bits per heavy atom. The molecule has 0 aliphatic carbocycles. The first-order valence-electron chi connectivity index (χ1n) is 8.79. The summed E-state index contributed by atoms with van der Waals surface area (Å²) in [4.78, 5) is 21.6. The topological polar surface area (TPSA) is 124 Å². The van der Waals surface area contributed by atoms with E-state index in [0.717, 1.165) is 11.9 Å². The molecule has 10 heteroatoms. The van der Waals surface area contributed by atoms with Crippen LogP contribution in [0, 0.1) is 12.3 Å². The van der Waals surface area contributed by atoms with Crippen molar-refractivity contribution < 1.29 is 9.53 Å². The maximum absolute atomic E-state index is 12.8. The minimum atomic E-state index is -0.333. The number of hydrogen-bond acceptors (Lipinski definition) is 7. The molecule has 29 heavy (non-hydrogen) atoms. The zero-order valence-electron chi connectivity index (χ0n) is 15.8. The highest BCUT2D eigenvalue weighted by Crippen LogP contribution is 2.26. The van der Waals surface area contributed by atoms with E-state index in [1.54, 1.807) is 34.4 Å². The molecule has 0 spiro atoms. The zero-order valence-corrected chi connectivity index (χ0v) is 15.8. The molecule has 0 radical (unpaired) electrons. The zero-order chi connectivity index (χ0) is 20.4. The van der Waals surface area contributed by atoms with Crippen LogP contribution in [0.15, 0.2) is 43.0 Å². The first kappa shape index (κ1) is 18.3. The second kappa shape index (κ2) is 7.50. The number of rotatable bonds is 6. The molecule has 4 aromatic heterocycles. The summed E-state index contributed by atoms with van der Waals surface area (Å²) in [5, 5.41) is 18.7. The van der Waals surface area contributed by atoms with Crippen molar-refractivity contribution in [2.45, 2.75) is 13.6 Å². The summed E-state index contributed by atoms with van der Waals surface area (Å²) < 4.78 is 9.03. The number of carbonyl (C=O) groups excluding carboxylic acids is 1. The molecule has 4 rings (SSSR count). The summed E-state index contributed by atoms with van der Waals surface area (Å²) in [7, 11) is 1.73. The van der Waals surface area contributed by atoms with E-state index in [4.69, 9.17) is 10.1 Å². The van der Waals surface area contributed by atoms with Gasteiger partial charge in [0.05, 0.1) is 6.67 Å². The van der Waals surface area contributed by atoms with Gasteiger partial charge in [0, 0.05) is 42.0 Å². The number of fused-ring (bicyclic) bond motifs is 1. The number of ether oxygens (including phenoxy) is 1. The van der Waals surface area contributed by atoms with Crippen molar-refractivity contribution in [3.05, 3.63) is 59.9 Å². The lowest BCUT2D eigenvalue weighted by Gasteiger charge is -2.08. The predicted molar refractivity (Wildman–Crippen MR) is 105 cm³/mol. The molecule has 2 N–H and O–H groups in total. The van der Waals surface area contributed by atoms with E-state index in [1.165, 1.54) is 12.7 Å². The average Bonchev–Trinajstić information content (AvgIpc) is 3.32. The second-order valence-corrected chi connectivity index (χ2v) is 6.35. The first-order chi connectivity index (χ1) is 14.1. The molecule has 10 nitrogen and oxygen atoms in total. The molecule has 4 heterocycles. The molecule has 0 aromatic carbocycles. The number of aromatic nitrogens is 6. The van der Waals surface area contributed by atoms with Crippen LogP contribution in [0.1, 0.15) is 21.7 Å². The highest BCUT2D eigenvalue weighted by Gasteiger charge is 2.21. The second-order valence-electron chi connectivity index (χ2n) is 6.35. The van der Waals surface area contributed by atoms with E-state index in [0.29, 0.717) is 34.1 Å². The van der Waals surface area contributed by atoms with Gasteiger partial charge in [-0.1, -0.05) is 6.07 Å². The van der Waals surface area contributed by atoms with Crippen molar-refractivity contribution in [1.82, 2.24) is 34.6 Å². The van der Waals surface area contributed by atoms with Gasteiger partial charge in [-0.3, -0.25) is 4.79 Å². The van der Waals surface area contributed by atoms with E-state index in [1.807, 2.05) is 19.1 Å². The Labute approximate surface area is 165 Å². The van der Waals surface area contributed by atoms with Crippen LogP contribution in [0.5, 0.6) is 11.8 Å². The van der Waals surface area contributed by atoms with Crippen LogP contribution in [0.4, 0.5) is 0 Å². The highest BCUT2D eigenvalue weighted by atomic mass is 16.5. The molecule has 0 fully saturated rings. The molecular formula is C19H18N8O2. The van der Waals surface area contributed by atoms with Gasteiger partial charge in [-0.2, -0.15) is 4.98 Å². The monoisotopic (exact) mass is 390 g/mol. The predicted octanol–water partition coefficient (Wildman–Crippen LogP) is 2.05. The van der Waals surface area contributed by atoms with E-state index >= 15 is 0 Å². The maximum Gasteiger partial charge on any atom is 0.270 e. The summed E-state index contributed by atoms with van der Waals surface area (Å²) in [5.41, 5.74) is 2.18. The first-order valence-corrected chi connectivity index (χ1v) is 8.79. The van der Waals surface area contributed by atoms with Crippen molar-refractivity contribution in [2.75, 3.05) is 0 Å². The van der Waals surface area contributed by atoms with E-state index in [-0.39, 0.29) is 12.6 Å². The van der Waals surface area contributed by atoms with Gasteiger partial charge in [-0.15, -0.1) is 10.2 Å². The summed E-state index contributed by atoms with van der Waals surface area (Å²) in [6.07, 6.45) is 4.16. The number of pyridine rings is 2. The Morgan fingerprint density at radius 3 is 2.66 bits per heavy atom. The third-order valence-electron chi connectivity index (χ3n) is 4.37. The molecule has 0 atom stereocenters. The number of nitrogens with one attached hydrogen (secondary N) is 2. The molecule has 0 unspecified atom stereocenters. The van der Waals surface area contributed by atoms with Gasteiger partial charge in [-0.25, -0.2) is 4.98 Å². The Morgan fingerprint density at radius 2 is 1.93 bits per heavy atom. The molecule has 0 aliphatic heterocycles. The largest absolute Gasteiger partial charge is 0.421 e. The minimum absolute atomic E-state index is 0.214. The Kier molecular flexibility index (Phi) is 4.73. The number of hydrogen-bond donors (Lipinski definition) is 2. The number of amides is 1. The normalized spacial score (nSPS) is 10.8. The highest BCUT2D eigenvalue weighted by molar-refractivity contribution is 6.09. The van der Waals surface area contributed by atoms with Crippen LogP contribution in [-0.2, 0) is 13.7 Å². The van der Waals surface area contributed by atoms with Crippen LogP contribution in [-0.4, -0.2) is 41.4 Å². The fraction of sp³-hybridized carbons (Fsp3) is 0.158. The van der Waals surface area contributed by atoms with Gasteiger partial charge in [-0.05, 0) is 19.1 Å². The molecular weight excluding hydrogens is 372 g/mol. The van der Waals surface area contributed by atoms with Crippen LogP contribution >= 0.6 is 0 Å². The van der Waals surface area contributed by atoms with Gasteiger partial charge in [0.25, 0.3) is 5.91 Å². The third kappa shape index (κ3) is 3.55. The molecule has 146 valence electrons. The smallest absolute Gasteiger partial charge is 0.270 e. The Bertz CT molecular complexity index is 1200. The number of carbonyl (C=O) groups is 1.